The maximum absolute atomic E-state index is 5.49. The molecule has 116 valence electrons. The molecule has 1 aromatic heterocycles. The number of fused-ring (bicyclic) bond motifs is 4. The number of quaternary nitrogens is 1. The smallest absolute Gasteiger partial charge is 0.231 e. The van der Waals surface area contributed by atoms with Crippen molar-refractivity contribution in [2.75, 3.05) is 13.3 Å². The molecule has 3 heterocycles. The molecule has 2 N–H and O–H groups in total. The Hall–Kier alpha value is -2.46. The van der Waals surface area contributed by atoms with Crippen molar-refractivity contribution in [3.8, 4) is 11.5 Å². The van der Waals surface area contributed by atoms with Crippen molar-refractivity contribution >= 4 is 10.9 Å². The lowest BCUT2D eigenvalue weighted by molar-refractivity contribution is -0.929. The van der Waals surface area contributed by atoms with Crippen molar-refractivity contribution < 1.29 is 14.4 Å². The molecule has 1 unspecified atom stereocenters. The molecule has 2 aromatic carbocycles. The second-order valence-electron chi connectivity index (χ2n) is 6.42. The maximum Gasteiger partial charge on any atom is 0.231 e. The summed E-state index contributed by atoms with van der Waals surface area (Å²) in [4.78, 5) is 5.19. The van der Waals surface area contributed by atoms with Gasteiger partial charge in [-0.05, 0) is 29.8 Å². The van der Waals surface area contributed by atoms with Crippen molar-refractivity contribution in [1.29, 1.82) is 0 Å². The van der Waals surface area contributed by atoms with E-state index in [1.807, 2.05) is 6.07 Å². The molecule has 2 aliphatic rings. The van der Waals surface area contributed by atoms with E-state index in [1.54, 1.807) is 4.90 Å². The quantitative estimate of drug-likeness (QED) is 0.760. The number of rotatable bonds is 2. The van der Waals surface area contributed by atoms with E-state index in [2.05, 4.69) is 41.4 Å². The van der Waals surface area contributed by atoms with Crippen LogP contribution in [0.25, 0.3) is 10.9 Å². The fourth-order valence-electron chi connectivity index (χ4n) is 3.82. The summed E-state index contributed by atoms with van der Waals surface area (Å²) in [6.45, 7) is 3.58. The number of hydrogen-bond donors (Lipinski definition) is 2. The normalized spacial score (nSPS) is 19.0. The first-order chi connectivity index (χ1) is 11.4. The predicted octanol–water partition coefficient (Wildman–Crippen LogP) is 2.04. The predicted molar refractivity (Wildman–Crippen MR) is 87.8 cm³/mol. The number of hydrogen-bond acceptors (Lipinski definition) is 2. The lowest BCUT2D eigenvalue weighted by Crippen LogP contribution is -3.10. The summed E-state index contributed by atoms with van der Waals surface area (Å²) < 4.78 is 10.9. The first-order valence-corrected chi connectivity index (χ1v) is 8.17. The van der Waals surface area contributed by atoms with E-state index < -0.39 is 0 Å². The van der Waals surface area contributed by atoms with Gasteiger partial charge in [-0.3, -0.25) is 0 Å². The van der Waals surface area contributed by atoms with Gasteiger partial charge in [-0.15, -0.1) is 0 Å². The van der Waals surface area contributed by atoms with Crippen LogP contribution in [0.2, 0.25) is 0 Å². The molecule has 0 spiro atoms. The summed E-state index contributed by atoms with van der Waals surface area (Å²) in [7, 11) is 0. The Morgan fingerprint density at radius 3 is 2.96 bits per heavy atom. The van der Waals surface area contributed by atoms with Crippen LogP contribution in [0.3, 0.4) is 0 Å². The molecule has 0 amide bonds. The highest BCUT2D eigenvalue weighted by Crippen LogP contribution is 2.32. The summed E-state index contributed by atoms with van der Waals surface area (Å²) in [5.41, 5.74) is 5.48. The highest BCUT2D eigenvalue weighted by Gasteiger charge is 2.24. The molecule has 0 saturated heterocycles. The van der Waals surface area contributed by atoms with Crippen molar-refractivity contribution in [2.24, 2.45) is 0 Å². The molecule has 5 rings (SSSR count). The number of para-hydroxylation sites is 1. The Bertz CT molecular complexity index is 884. The Labute approximate surface area is 134 Å². The number of benzene rings is 2. The van der Waals surface area contributed by atoms with Crippen LogP contribution >= 0.6 is 0 Å². The van der Waals surface area contributed by atoms with Crippen LogP contribution in [-0.2, 0) is 19.5 Å². The van der Waals surface area contributed by atoms with Gasteiger partial charge in [0.05, 0.1) is 12.2 Å². The number of H-pyrrole nitrogens is 1. The topological polar surface area (TPSA) is 38.7 Å². The Balaban J connectivity index is 1.39. The van der Waals surface area contributed by atoms with Crippen molar-refractivity contribution in [2.45, 2.75) is 19.5 Å². The SMILES string of the molecule is c1ccc2c3c([nH]c2c1)C[NH+](Cc1ccc2c(c1)OCO2)CC3. The molecule has 4 heteroatoms. The maximum atomic E-state index is 5.49. The van der Waals surface area contributed by atoms with E-state index in [0.717, 1.165) is 31.0 Å². The average Bonchev–Trinajstić information content (AvgIpc) is 3.17. The zero-order chi connectivity index (χ0) is 15.2. The molecule has 0 radical (unpaired) electrons. The molecule has 0 aliphatic carbocycles. The molecule has 4 nitrogen and oxygen atoms in total. The lowest BCUT2D eigenvalue weighted by Gasteiger charge is -2.24. The van der Waals surface area contributed by atoms with E-state index in [1.165, 1.54) is 34.3 Å². The average molecular weight is 307 g/mol. The second kappa shape index (κ2) is 5.03. The largest absolute Gasteiger partial charge is 0.454 e. The van der Waals surface area contributed by atoms with Crippen LogP contribution in [0.15, 0.2) is 42.5 Å². The van der Waals surface area contributed by atoms with Crippen LogP contribution < -0.4 is 14.4 Å². The number of aromatic amines is 1. The number of aromatic nitrogens is 1. The lowest BCUT2D eigenvalue weighted by atomic mass is 10.0. The van der Waals surface area contributed by atoms with Gasteiger partial charge in [-0.25, -0.2) is 0 Å². The summed E-state index contributed by atoms with van der Waals surface area (Å²) in [6, 6.07) is 14.9. The monoisotopic (exact) mass is 307 g/mol. The molecule has 0 fully saturated rings. The Morgan fingerprint density at radius 1 is 1.04 bits per heavy atom. The van der Waals surface area contributed by atoms with Gasteiger partial charge < -0.3 is 19.4 Å². The first kappa shape index (κ1) is 13.0. The fraction of sp³-hybridized carbons (Fsp3) is 0.263. The van der Waals surface area contributed by atoms with Crippen LogP contribution in [0.5, 0.6) is 11.5 Å². The molecule has 23 heavy (non-hydrogen) atoms. The molecular weight excluding hydrogens is 288 g/mol. The van der Waals surface area contributed by atoms with Gasteiger partial charge in [0.2, 0.25) is 6.79 Å². The van der Waals surface area contributed by atoms with Crippen LogP contribution in [0.4, 0.5) is 0 Å². The van der Waals surface area contributed by atoms with E-state index >= 15 is 0 Å². The number of ether oxygens (including phenoxy) is 2. The fourth-order valence-corrected chi connectivity index (χ4v) is 3.82. The van der Waals surface area contributed by atoms with Crippen LogP contribution in [-0.4, -0.2) is 18.3 Å². The van der Waals surface area contributed by atoms with Crippen LogP contribution in [0.1, 0.15) is 16.8 Å². The zero-order valence-electron chi connectivity index (χ0n) is 12.9. The second-order valence-corrected chi connectivity index (χ2v) is 6.42. The van der Waals surface area contributed by atoms with Crippen molar-refractivity contribution in [1.82, 2.24) is 4.98 Å². The summed E-state index contributed by atoms with van der Waals surface area (Å²) >= 11 is 0. The highest BCUT2D eigenvalue weighted by atomic mass is 16.7. The molecular formula is C19H19N2O2+. The van der Waals surface area contributed by atoms with E-state index in [-0.39, 0.29) is 0 Å². The van der Waals surface area contributed by atoms with Crippen LogP contribution in [0, 0.1) is 0 Å². The molecule has 0 saturated carbocycles. The van der Waals surface area contributed by atoms with Gasteiger partial charge in [0.25, 0.3) is 0 Å². The summed E-state index contributed by atoms with van der Waals surface area (Å²) in [6.07, 6.45) is 1.14. The standard InChI is InChI=1S/C19H18N2O2/c1-2-4-16-14(3-1)15-7-8-21(11-17(15)20-16)10-13-5-6-18-19(9-13)23-12-22-18/h1-6,9,20H,7-8,10-12H2/p+1. The third-order valence-electron chi connectivity index (χ3n) is 4.95. The van der Waals surface area contributed by atoms with Gasteiger partial charge in [0.15, 0.2) is 11.5 Å². The van der Waals surface area contributed by atoms with Gasteiger partial charge in [-0.2, -0.15) is 0 Å². The summed E-state index contributed by atoms with van der Waals surface area (Å²) in [5.74, 6) is 1.74. The molecule has 1 atom stereocenters. The Morgan fingerprint density at radius 2 is 1.96 bits per heavy atom. The third kappa shape index (κ3) is 2.18. The van der Waals surface area contributed by atoms with Gasteiger partial charge in [0, 0.05) is 22.9 Å². The minimum Gasteiger partial charge on any atom is -0.454 e. The van der Waals surface area contributed by atoms with E-state index in [4.69, 9.17) is 9.47 Å². The zero-order valence-corrected chi connectivity index (χ0v) is 12.9. The molecule has 3 aromatic rings. The third-order valence-corrected chi connectivity index (χ3v) is 4.95. The van der Waals surface area contributed by atoms with Gasteiger partial charge in [-0.1, -0.05) is 18.2 Å². The minimum atomic E-state index is 0.341. The van der Waals surface area contributed by atoms with Gasteiger partial charge >= 0.3 is 0 Å². The Kier molecular flexibility index (Phi) is 2.85. The highest BCUT2D eigenvalue weighted by molar-refractivity contribution is 5.84. The van der Waals surface area contributed by atoms with Gasteiger partial charge in [0.1, 0.15) is 13.1 Å². The van der Waals surface area contributed by atoms with E-state index in [0.29, 0.717) is 6.79 Å². The van der Waals surface area contributed by atoms with Crippen molar-refractivity contribution in [3.05, 3.63) is 59.3 Å². The van der Waals surface area contributed by atoms with E-state index in [9.17, 15) is 0 Å². The number of nitrogens with one attached hydrogen (secondary N) is 2. The molecule has 0 bridgehead atoms. The summed E-state index contributed by atoms with van der Waals surface area (Å²) in [5, 5.41) is 1.39. The minimum absolute atomic E-state index is 0.341. The molecule has 2 aliphatic heterocycles. The van der Waals surface area contributed by atoms with Crippen molar-refractivity contribution in [3.63, 3.8) is 0 Å². The first-order valence-electron chi connectivity index (χ1n) is 8.17.